The summed E-state index contributed by atoms with van der Waals surface area (Å²) in [4.78, 5) is 15.0. The average Bonchev–Trinajstić information content (AvgIpc) is 3.18. The van der Waals surface area contributed by atoms with Crippen molar-refractivity contribution in [3.8, 4) is 11.5 Å². The molecule has 2 heterocycles. The monoisotopic (exact) mass is 382 g/mol. The van der Waals surface area contributed by atoms with Crippen LogP contribution in [-0.4, -0.2) is 40.1 Å². The van der Waals surface area contributed by atoms with Gasteiger partial charge in [0, 0.05) is 18.2 Å². The van der Waals surface area contributed by atoms with Gasteiger partial charge in [0.1, 0.15) is 0 Å². The van der Waals surface area contributed by atoms with Crippen LogP contribution in [-0.2, 0) is 11.3 Å². The summed E-state index contributed by atoms with van der Waals surface area (Å²) in [7, 11) is 0. The van der Waals surface area contributed by atoms with E-state index in [4.69, 9.17) is 4.42 Å². The standard InChI is InChI=1S/C22H30N4O2/c1-16-9-11-17(12-10-16)22-25-24-20(28-22)15-26-13-5-6-18(14-26)21(27)23-19-7-3-2-4-8-19/h9-12,18-19H,2-8,13-15H2,1H3,(H,23,27). The van der Waals surface area contributed by atoms with Crippen LogP contribution < -0.4 is 5.32 Å². The SMILES string of the molecule is Cc1ccc(-c2nnc(CN3CCCC(C(=O)NC4CCCCC4)C3)o2)cc1. The molecule has 1 atom stereocenters. The number of benzene rings is 1. The molecular weight excluding hydrogens is 352 g/mol. The highest BCUT2D eigenvalue weighted by atomic mass is 16.4. The molecule has 0 radical (unpaired) electrons. The molecule has 1 aromatic carbocycles. The molecule has 1 aliphatic heterocycles. The van der Waals surface area contributed by atoms with E-state index in [0.717, 1.165) is 44.3 Å². The number of aromatic nitrogens is 2. The highest BCUT2D eigenvalue weighted by Gasteiger charge is 2.28. The number of carbonyl (C=O) groups is 1. The topological polar surface area (TPSA) is 71.3 Å². The quantitative estimate of drug-likeness (QED) is 0.854. The van der Waals surface area contributed by atoms with Gasteiger partial charge in [0.15, 0.2) is 0 Å². The van der Waals surface area contributed by atoms with Crippen molar-refractivity contribution in [2.75, 3.05) is 13.1 Å². The molecule has 2 aromatic rings. The molecule has 1 saturated heterocycles. The number of likely N-dealkylation sites (tertiary alicyclic amines) is 1. The predicted octanol–water partition coefficient (Wildman–Crippen LogP) is 3.71. The Morgan fingerprint density at radius 1 is 1.11 bits per heavy atom. The lowest BCUT2D eigenvalue weighted by atomic mass is 9.93. The molecule has 1 amide bonds. The summed E-state index contributed by atoms with van der Waals surface area (Å²) in [5.41, 5.74) is 2.14. The van der Waals surface area contributed by atoms with Gasteiger partial charge in [-0.3, -0.25) is 9.69 Å². The minimum Gasteiger partial charge on any atom is -0.419 e. The second-order valence-electron chi connectivity index (χ2n) is 8.28. The lowest BCUT2D eigenvalue weighted by Gasteiger charge is -2.32. The molecule has 0 bridgehead atoms. The Morgan fingerprint density at radius 3 is 2.68 bits per heavy atom. The van der Waals surface area contributed by atoms with Gasteiger partial charge in [0.2, 0.25) is 17.7 Å². The van der Waals surface area contributed by atoms with Gasteiger partial charge in [-0.25, -0.2) is 0 Å². The summed E-state index contributed by atoms with van der Waals surface area (Å²) < 4.78 is 5.87. The molecule has 150 valence electrons. The third-order valence-electron chi connectivity index (χ3n) is 5.95. The van der Waals surface area contributed by atoms with Crippen molar-refractivity contribution in [2.45, 2.75) is 64.5 Å². The molecule has 1 aromatic heterocycles. The first-order chi connectivity index (χ1) is 13.7. The maximum absolute atomic E-state index is 12.7. The molecule has 2 fully saturated rings. The average molecular weight is 383 g/mol. The van der Waals surface area contributed by atoms with Crippen LogP contribution in [0.4, 0.5) is 0 Å². The first kappa shape index (κ1) is 19.1. The summed E-state index contributed by atoms with van der Waals surface area (Å²) in [6, 6.07) is 8.46. The molecule has 1 N–H and O–H groups in total. The van der Waals surface area contributed by atoms with E-state index in [9.17, 15) is 4.79 Å². The van der Waals surface area contributed by atoms with Crippen LogP contribution in [0.25, 0.3) is 11.5 Å². The number of carbonyl (C=O) groups excluding carboxylic acids is 1. The van der Waals surface area contributed by atoms with Crippen LogP contribution in [0.2, 0.25) is 0 Å². The second-order valence-corrected chi connectivity index (χ2v) is 8.28. The molecule has 6 nitrogen and oxygen atoms in total. The Labute approximate surface area is 166 Å². The molecular formula is C22H30N4O2. The minimum atomic E-state index is 0.0650. The van der Waals surface area contributed by atoms with Crippen LogP contribution >= 0.6 is 0 Å². The largest absolute Gasteiger partial charge is 0.419 e. The third-order valence-corrected chi connectivity index (χ3v) is 5.95. The zero-order chi connectivity index (χ0) is 19.3. The van der Waals surface area contributed by atoms with Crippen molar-refractivity contribution >= 4 is 5.91 Å². The van der Waals surface area contributed by atoms with E-state index in [2.05, 4.69) is 27.3 Å². The van der Waals surface area contributed by atoms with Crippen molar-refractivity contribution in [1.82, 2.24) is 20.4 Å². The van der Waals surface area contributed by atoms with Gasteiger partial charge >= 0.3 is 0 Å². The smallest absolute Gasteiger partial charge is 0.247 e. The number of amides is 1. The molecule has 4 rings (SSSR count). The number of nitrogens with one attached hydrogen (secondary N) is 1. The zero-order valence-corrected chi connectivity index (χ0v) is 16.7. The number of aryl methyl sites for hydroxylation is 1. The summed E-state index contributed by atoms with van der Waals surface area (Å²) in [6.45, 7) is 4.39. The van der Waals surface area contributed by atoms with Gasteiger partial charge in [0.25, 0.3) is 0 Å². The van der Waals surface area contributed by atoms with Crippen molar-refractivity contribution in [1.29, 1.82) is 0 Å². The van der Waals surface area contributed by atoms with Crippen molar-refractivity contribution < 1.29 is 9.21 Å². The maximum atomic E-state index is 12.7. The van der Waals surface area contributed by atoms with Crippen molar-refractivity contribution in [3.63, 3.8) is 0 Å². The van der Waals surface area contributed by atoms with E-state index in [1.807, 2.05) is 24.3 Å². The zero-order valence-electron chi connectivity index (χ0n) is 16.7. The second kappa shape index (κ2) is 8.86. The lowest BCUT2D eigenvalue weighted by Crippen LogP contribution is -2.46. The Kier molecular flexibility index (Phi) is 6.05. The summed E-state index contributed by atoms with van der Waals surface area (Å²) in [6.07, 6.45) is 8.04. The number of hydrogen-bond acceptors (Lipinski definition) is 5. The first-order valence-corrected chi connectivity index (χ1v) is 10.6. The fraction of sp³-hybridized carbons (Fsp3) is 0.591. The number of nitrogens with zero attached hydrogens (tertiary/aromatic N) is 3. The van der Waals surface area contributed by atoms with Gasteiger partial charge in [-0.2, -0.15) is 0 Å². The maximum Gasteiger partial charge on any atom is 0.247 e. The summed E-state index contributed by atoms with van der Waals surface area (Å²) in [5.74, 6) is 1.46. The van der Waals surface area contributed by atoms with Crippen molar-refractivity contribution in [2.24, 2.45) is 5.92 Å². The van der Waals surface area contributed by atoms with Gasteiger partial charge < -0.3 is 9.73 Å². The van der Waals surface area contributed by atoms with Gasteiger partial charge in [-0.1, -0.05) is 37.0 Å². The van der Waals surface area contributed by atoms with E-state index in [0.29, 0.717) is 24.4 Å². The highest BCUT2D eigenvalue weighted by Crippen LogP contribution is 2.23. The predicted molar refractivity (Wildman–Crippen MR) is 107 cm³/mol. The fourth-order valence-corrected chi connectivity index (χ4v) is 4.30. The van der Waals surface area contributed by atoms with Gasteiger partial charge in [0.05, 0.1) is 12.5 Å². The Hall–Kier alpha value is -2.21. The lowest BCUT2D eigenvalue weighted by molar-refractivity contribution is -0.127. The normalized spacial score (nSPS) is 21.5. The van der Waals surface area contributed by atoms with Crippen LogP contribution in [0.15, 0.2) is 28.7 Å². The summed E-state index contributed by atoms with van der Waals surface area (Å²) in [5, 5.41) is 11.7. The molecule has 28 heavy (non-hydrogen) atoms. The third kappa shape index (κ3) is 4.79. The number of piperidine rings is 1. The number of rotatable bonds is 5. The summed E-state index contributed by atoms with van der Waals surface area (Å²) >= 11 is 0. The van der Waals surface area contributed by atoms with Crippen LogP contribution in [0, 0.1) is 12.8 Å². The van der Waals surface area contributed by atoms with Crippen molar-refractivity contribution in [3.05, 3.63) is 35.7 Å². The van der Waals surface area contributed by atoms with E-state index in [1.54, 1.807) is 0 Å². The van der Waals surface area contributed by atoms with Gasteiger partial charge in [-0.05, 0) is 51.3 Å². The molecule has 1 unspecified atom stereocenters. The van der Waals surface area contributed by atoms with Gasteiger partial charge in [-0.15, -0.1) is 10.2 Å². The van der Waals surface area contributed by atoms with Crippen LogP contribution in [0.5, 0.6) is 0 Å². The Morgan fingerprint density at radius 2 is 1.89 bits per heavy atom. The van der Waals surface area contributed by atoms with E-state index >= 15 is 0 Å². The molecule has 2 aliphatic rings. The molecule has 6 heteroatoms. The number of hydrogen-bond donors (Lipinski definition) is 1. The van der Waals surface area contributed by atoms with Crippen LogP contribution in [0.3, 0.4) is 0 Å². The Bertz CT molecular complexity index is 780. The molecule has 0 spiro atoms. The van der Waals surface area contributed by atoms with E-state index < -0.39 is 0 Å². The van der Waals surface area contributed by atoms with Crippen LogP contribution in [0.1, 0.15) is 56.4 Å². The fourth-order valence-electron chi connectivity index (χ4n) is 4.30. The first-order valence-electron chi connectivity index (χ1n) is 10.6. The van der Waals surface area contributed by atoms with E-state index in [-0.39, 0.29) is 11.8 Å². The highest BCUT2D eigenvalue weighted by molar-refractivity contribution is 5.79. The minimum absolute atomic E-state index is 0.0650. The van der Waals surface area contributed by atoms with E-state index in [1.165, 1.54) is 24.8 Å². The molecule has 1 aliphatic carbocycles. The molecule has 1 saturated carbocycles. The Balaban J connectivity index is 1.32.